The lowest BCUT2D eigenvalue weighted by Crippen LogP contribution is -2.51. The van der Waals surface area contributed by atoms with E-state index in [1.165, 1.54) is 0 Å². The monoisotopic (exact) mass is 248 g/mol. The Morgan fingerprint density at radius 1 is 1.28 bits per heavy atom. The van der Waals surface area contributed by atoms with E-state index in [0.29, 0.717) is 5.96 Å². The van der Waals surface area contributed by atoms with E-state index < -0.39 is 0 Å². The fourth-order valence-corrected chi connectivity index (χ4v) is 1.92. The first-order chi connectivity index (χ1) is 8.81. The minimum absolute atomic E-state index is 0.658. The second-order valence-electron chi connectivity index (χ2n) is 4.26. The molecule has 18 heavy (non-hydrogen) atoms. The first-order valence-electron chi connectivity index (χ1n) is 6.38. The van der Waals surface area contributed by atoms with Crippen LogP contribution in [0, 0.1) is 0 Å². The van der Waals surface area contributed by atoms with Gasteiger partial charge in [0.2, 0.25) is 5.95 Å². The van der Waals surface area contributed by atoms with Crippen molar-refractivity contribution in [1.29, 1.82) is 0 Å². The van der Waals surface area contributed by atoms with E-state index in [0.717, 1.165) is 45.1 Å². The summed E-state index contributed by atoms with van der Waals surface area (Å²) in [6.07, 6.45) is 4.57. The second kappa shape index (κ2) is 6.18. The van der Waals surface area contributed by atoms with Gasteiger partial charge in [0.25, 0.3) is 0 Å². The summed E-state index contributed by atoms with van der Waals surface area (Å²) in [6, 6.07) is 1.83. The van der Waals surface area contributed by atoms with Gasteiger partial charge in [-0.2, -0.15) is 0 Å². The average molecular weight is 248 g/mol. The molecule has 0 saturated carbocycles. The van der Waals surface area contributed by atoms with Crippen molar-refractivity contribution >= 4 is 11.9 Å². The highest BCUT2D eigenvalue weighted by molar-refractivity contribution is 5.78. The Labute approximate surface area is 108 Å². The fourth-order valence-electron chi connectivity index (χ4n) is 1.92. The molecule has 0 aromatic carbocycles. The zero-order chi connectivity index (χ0) is 12.8. The number of anilines is 1. The van der Waals surface area contributed by atoms with Crippen molar-refractivity contribution in [1.82, 2.24) is 14.9 Å². The highest BCUT2D eigenvalue weighted by Crippen LogP contribution is 2.09. The van der Waals surface area contributed by atoms with Gasteiger partial charge in [0.05, 0.1) is 0 Å². The number of hydrogen-bond donors (Lipinski definition) is 1. The van der Waals surface area contributed by atoms with Crippen molar-refractivity contribution in [3.8, 4) is 0 Å². The molecule has 2 N–H and O–H groups in total. The summed E-state index contributed by atoms with van der Waals surface area (Å²) in [4.78, 5) is 17.1. The highest BCUT2D eigenvalue weighted by Gasteiger charge is 2.19. The Hall–Kier alpha value is -1.85. The topological polar surface area (TPSA) is 70.6 Å². The van der Waals surface area contributed by atoms with E-state index in [2.05, 4.69) is 31.7 Å². The van der Waals surface area contributed by atoms with Gasteiger partial charge in [-0.1, -0.05) is 6.92 Å². The molecule has 0 spiro atoms. The van der Waals surface area contributed by atoms with Crippen LogP contribution >= 0.6 is 0 Å². The van der Waals surface area contributed by atoms with E-state index in [4.69, 9.17) is 5.73 Å². The summed E-state index contributed by atoms with van der Waals surface area (Å²) in [7, 11) is 0. The number of piperazine rings is 1. The van der Waals surface area contributed by atoms with Crippen LogP contribution in [-0.2, 0) is 0 Å². The van der Waals surface area contributed by atoms with Crippen LogP contribution in [0.5, 0.6) is 0 Å². The predicted molar refractivity (Wildman–Crippen MR) is 72.6 cm³/mol. The third kappa shape index (κ3) is 3.09. The fraction of sp³-hybridized carbons (Fsp3) is 0.583. The van der Waals surface area contributed by atoms with E-state index in [1.807, 2.05) is 6.07 Å². The number of nitrogens with zero attached hydrogens (tertiary/aromatic N) is 5. The minimum Gasteiger partial charge on any atom is -0.370 e. The summed E-state index contributed by atoms with van der Waals surface area (Å²) in [5.74, 6) is 1.45. The molecule has 6 heteroatoms. The molecule has 1 saturated heterocycles. The zero-order valence-electron chi connectivity index (χ0n) is 10.8. The molecule has 0 aliphatic carbocycles. The maximum atomic E-state index is 5.94. The van der Waals surface area contributed by atoms with Crippen LogP contribution in [0.1, 0.15) is 13.3 Å². The van der Waals surface area contributed by atoms with E-state index in [-0.39, 0.29) is 0 Å². The smallest absolute Gasteiger partial charge is 0.225 e. The van der Waals surface area contributed by atoms with Gasteiger partial charge in [-0.25, -0.2) is 9.97 Å². The normalized spacial score (nSPS) is 17.1. The molecule has 0 bridgehead atoms. The minimum atomic E-state index is 0.658. The summed E-state index contributed by atoms with van der Waals surface area (Å²) >= 11 is 0. The number of aliphatic imine (C=N–C) groups is 1. The lowest BCUT2D eigenvalue weighted by atomic mass is 10.3. The number of hydrogen-bond acceptors (Lipinski definition) is 4. The van der Waals surface area contributed by atoms with Gasteiger partial charge < -0.3 is 15.5 Å². The SMILES string of the molecule is CCCN=C(N)N1CCN(c2ncccn2)CC1. The molecule has 2 heterocycles. The number of guanidine groups is 1. The molecule has 1 aliphatic rings. The third-order valence-electron chi connectivity index (χ3n) is 2.94. The van der Waals surface area contributed by atoms with Gasteiger partial charge >= 0.3 is 0 Å². The number of nitrogens with two attached hydrogens (primary N) is 1. The Balaban J connectivity index is 1.88. The highest BCUT2D eigenvalue weighted by atomic mass is 15.3. The molecule has 0 atom stereocenters. The molecule has 98 valence electrons. The summed E-state index contributed by atoms with van der Waals surface area (Å²) < 4.78 is 0. The van der Waals surface area contributed by atoms with Crippen molar-refractivity contribution in [3.05, 3.63) is 18.5 Å². The Morgan fingerprint density at radius 2 is 1.94 bits per heavy atom. The van der Waals surface area contributed by atoms with E-state index in [9.17, 15) is 0 Å². The lowest BCUT2D eigenvalue weighted by molar-refractivity contribution is 0.378. The molecule has 6 nitrogen and oxygen atoms in total. The van der Waals surface area contributed by atoms with Crippen molar-refractivity contribution < 1.29 is 0 Å². The van der Waals surface area contributed by atoms with Gasteiger partial charge in [-0.15, -0.1) is 0 Å². The quantitative estimate of drug-likeness (QED) is 0.616. The number of aromatic nitrogens is 2. The van der Waals surface area contributed by atoms with E-state index in [1.54, 1.807) is 12.4 Å². The van der Waals surface area contributed by atoms with Gasteiger partial charge in [-0.3, -0.25) is 4.99 Å². The first-order valence-corrected chi connectivity index (χ1v) is 6.38. The predicted octanol–water partition coefficient (Wildman–Crippen LogP) is 0.323. The molecular formula is C12H20N6. The van der Waals surface area contributed by atoms with Crippen molar-refractivity contribution in [2.45, 2.75) is 13.3 Å². The summed E-state index contributed by atoms with van der Waals surface area (Å²) in [5, 5.41) is 0. The molecule has 1 aliphatic heterocycles. The summed E-state index contributed by atoms with van der Waals surface area (Å²) in [6.45, 7) is 6.41. The molecule has 0 unspecified atom stereocenters. The molecule has 0 amide bonds. The third-order valence-corrected chi connectivity index (χ3v) is 2.94. The molecule has 1 aromatic rings. The van der Waals surface area contributed by atoms with Gasteiger partial charge in [0.15, 0.2) is 5.96 Å². The van der Waals surface area contributed by atoms with Gasteiger partial charge in [-0.05, 0) is 12.5 Å². The van der Waals surface area contributed by atoms with Crippen LogP contribution in [0.15, 0.2) is 23.5 Å². The Kier molecular flexibility index (Phi) is 4.33. The first kappa shape index (κ1) is 12.6. The molecule has 2 rings (SSSR count). The maximum Gasteiger partial charge on any atom is 0.225 e. The molecular weight excluding hydrogens is 228 g/mol. The standard InChI is InChI=1S/C12H20N6/c1-2-4-14-11(13)17-7-9-18(10-8-17)12-15-5-3-6-16-12/h3,5-6H,2,4,7-10H2,1H3,(H2,13,14). The van der Waals surface area contributed by atoms with Crippen molar-refractivity contribution in [2.24, 2.45) is 10.7 Å². The van der Waals surface area contributed by atoms with Crippen LogP contribution in [0.25, 0.3) is 0 Å². The Morgan fingerprint density at radius 3 is 2.56 bits per heavy atom. The average Bonchev–Trinajstić information content (AvgIpc) is 2.46. The van der Waals surface area contributed by atoms with Gasteiger partial charge in [0, 0.05) is 45.1 Å². The molecule has 0 radical (unpaired) electrons. The molecule has 1 fully saturated rings. The maximum absolute atomic E-state index is 5.94. The Bertz CT molecular complexity index is 383. The van der Waals surface area contributed by atoms with Crippen molar-refractivity contribution in [3.63, 3.8) is 0 Å². The van der Waals surface area contributed by atoms with Crippen LogP contribution in [-0.4, -0.2) is 53.6 Å². The van der Waals surface area contributed by atoms with Crippen LogP contribution in [0.4, 0.5) is 5.95 Å². The zero-order valence-corrected chi connectivity index (χ0v) is 10.8. The van der Waals surface area contributed by atoms with Gasteiger partial charge in [0.1, 0.15) is 0 Å². The van der Waals surface area contributed by atoms with Crippen LogP contribution < -0.4 is 10.6 Å². The number of rotatable bonds is 3. The summed E-state index contributed by atoms with van der Waals surface area (Å²) in [5.41, 5.74) is 5.94. The molecule has 1 aromatic heterocycles. The van der Waals surface area contributed by atoms with Crippen LogP contribution in [0.3, 0.4) is 0 Å². The second-order valence-corrected chi connectivity index (χ2v) is 4.26. The largest absolute Gasteiger partial charge is 0.370 e. The van der Waals surface area contributed by atoms with Crippen LogP contribution in [0.2, 0.25) is 0 Å². The lowest BCUT2D eigenvalue weighted by Gasteiger charge is -2.35. The van der Waals surface area contributed by atoms with E-state index >= 15 is 0 Å². The van der Waals surface area contributed by atoms with Crippen molar-refractivity contribution in [2.75, 3.05) is 37.6 Å².